The van der Waals surface area contributed by atoms with E-state index in [9.17, 15) is 9.90 Å². The van der Waals surface area contributed by atoms with Crippen LogP contribution in [0.2, 0.25) is 0 Å². The summed E-state index contributed by atoms with van der Waals surface area (Å²) in [6.45, 7) is 1.09. The van der Waals surface area contributed by atoms with Gasteiger partial charge in [0.05, 0.1) is 12.4 Å². The number of carbonyl (C=O) groups is 1. The molecule has 1 saturated heterocycles. The number of hydrogen-bond donors (Lipinski definition) is 1. The number of amides is 1. The van der Waals surface area contributed by atoms with E-state index < -0.39 is 6.10 Å². The van der Waals surface area contributed by atoms with Gasteiger partial charge in [0.2, 0.25) is 5.91 Å². The van der Waals surface area contributed by atoms with Gasteiger partial charge in [0.1, 0.15) is 6.54 Å². The summed E-state index contributed by atoms with van der Waals surface area (Å²) in [5.41, 5.74) is 0.920. The summed E-state index contributed by atoms with van der Waals surface area (Å²) in [5.74, 6) is 0.111. The molecule has 1 aliphatic heterocycles. The summed E-state index contributed by atoms with van der Waals surface area (Å²) < 4.78 is 1.80. The molecule has 2 unspecified atom stereocenters. The van der Waals surface area contributed by atoms with Gasteiger partial charge < -0.3 is 14.6 Å². The van der Waals surface area contributed by atoms with E-state index in [4.69, 9.17) is 0 Å². The Bertz CT molecular complexity index is 627. The average molecular weight is 327 g/mol. The van der Waals surface area contributed by atoms with Crippen LogP contribution in [0.3, 0.4) is 0 Å². The maximum absolute atomic E-state index is 12.7. The first-order valence-electron chi connectivity index (χ1n) is 8.72. The van der Waals surface area contributed by atoms with E-state index in [1.54, 1.807) is 17.1 Å². The summed E-state index contributed by atoms with van der Waals surface area (Å²) in [7, 11) is 0. The van der Waals surface area contributed by atoms with Crippen LogP contribution < -0.4 is 0 Å². The molecule has 1 fully saturated rings. The molecule has 1 amide bonds. The SMILES string of the molecule is O=C(Cn1ccnc1)N1CCCCCC1CC(O)c1ccccc1. The molecule has 2 atom stereocenters. The molecular formula is C19H25N3O2. The average Bonchev–Trinajstić information content (AvgIpc) is 3.00. The minimum absolute atomic E-state index is 0.0960. The standard InChI is InChI=1S/C19H25N3O2/c23-18(16-7-3-1-4-8-16)13-17-9-5-2-6-11-22(17)19(24)14-21-12-10-20-15-21/h1,3-4,7-8,10,12,15,17-18,23H,2,5-6,9,11,13-14H2. The van der Waals surface area contributed by atoms with Gasteiger partial charge in [0, 0.05) is 25.0 Å². The van der Waals surface area contributed by atoms with Crippen molar-refractivity contribution in [3.8, 4) is 0 Å². The number of aliphatic hydroxyl groups is 1. The molecule has 0 bridgehead atoms. The van der Waals surface area contributed by atoms with E-state index in [1.807, 2.05) is 41.4 Å². The largest absolute Gasteiger partial charge is 0.388 e. The van der Waals surface area contributed by atoms with E-state index in [-0.39, 0.29) is 11.9 Å². The highest BCUT2D eigenvalue weighted by Crippen LogP contribution is 2.26. The molecule has 2 heterocycles. The summed E-state index contributed by atoms with van der Waals surface area (Å²) >= 11 is 0. The number of aliphatic hydroxyl groups excluding tert-OH is 1. The third kappa shape index (κ3) is 4.23. The maximum atomic E-state index is 12.7. The zero-order valence-corrected chi connectivity index (χ0v) is 13.9. The summed E-state index contributed by atoms with van der Waals surface area (Å²) in [6, 6.07) is 9.81. The van der Waals surface area contributed by atoms with Crippen LogP contribution in [0.25, 0.3) is 0 Å². The second kappa shape index (κ2) is 8.11. The van der Waals surface area contributed by atoms with Gasteiger partial charge in [-0.15, -0.1) is 0 Å². The quantitative estimate of drug-likeness (QED) is 0.919. The predicted molar refractivity (Wildman–Crippen MR) is 92.2 cm³/mol. The normalized spacial score (nSPS) is 19.7. The molecule has 2 aromatic rings. The highest BCUT2D eigenvalue weighted by Gasteiger charge is 2.27. The first-order valence-corrected chi connectivity index (χ1v) is 8.72. The van der Waals surface area contributed by atoms with E-state index in [0.29, 0.717) is 13.0 Å². The van der Waals surface area contributed by atoms with Crippen LogP contribution in [0.1, 0.15) is 43.8 Å². The lowest BCUT2D eigenvalue weighted by Crippen LogP contribution is -2.42. The van der Waals surface area contributed by atoms with Crippen molar-refractivity contribution in [2.75, 3.05) is 6.54 Å². The molecule has 0 spiro atoms. The lowest BCUT2D eigenvalue weighted by molar-refractivity contribution is -0.134. The minimum Gasteiger partial charge on any atom is -0.388 e. The Morgan fingerprint density at radius 2 is 2.08 bits per heavy atom. The Balaban J connectivity index is 1.69. The predicted octanol–water partition coefficient (Wildman–Crippen LogP) is 2.78. The first kappa shape index (κ1) is 16.7. The Labute approximate surface area is 142 Å². The topological polar surface area (TPSA) is 58.4 Å². The number of nitrogens with zero attached hydrogens (tertiary/aromatic N) is 3. The van der Waals surface area contributed by atoms with Crippen molar-refractivity contribution in [3.63, 3.8) is 0 Å². The minimum atomic E-state index is -0.530. The molecule has 5 nitrogen and oxygen atoms in total. The molecule has 1 aromatic carbocycles. The smallest absolute Gasteiger partial charge is 0.242 e. The van der Waals surface area contributed by atoms with Gasteiger partial charge >= 0.3 is 0 Å². The van der Waals surface area contributed by atoms with Crippen LogP contribution in [-0.4, -0.2) is 38.1 Å². The molecule has 128 valence electrons. The summed E-state index contributed by atoms with van der Waals surface area (Å²) in [4.78, 5) is 18.7. The van der Waals surface area contributed by atoms with Crippen LogP contribution in [0, 0.1) is 0 Å². The molecule has 0 saturated carbocycles. The third-order valence-electron chi connectivity index (χ3n) is 4.75. The van der Waals surface area contributed by atoms with Crippen molar-refractivity contribution in [3.05, 3.63) is 54.6 Å². The van der Waals surface area contributed by atoms with Crippen molar-refractivity contribution in [1.29, 1.82) is 0 Å². The van der Waals surface area contributed by atoms with Gasteiger partial charge in [-0.05, 0) is 24.8 Å². The van der Waals surface area contributed by atoms with E-state index in [0.717, 1.165) is 37.8 Å². The fourth-order valence-electron chi connectivity index (χ4n) is 3.45. The number of likely N-dealkylation sites (tertiary alicyclic amines) is 1. The Kier molecular flexibility index (Phi) is 5.64. The van der Waals surface area contributed by atoms with Crippen molar-refractivity contribution < 1.29 is 9.90 Å². The summed E-state index contributed by atoms with van der Waals surface area (Å²) in [6.07, 6.45) is 9.48. The van der Waals surface area contributed by atoms with Crippen molar-refractivity contribution in [2.45, 2.75) is 50.8 Å². The highest BCUT2D eigenvalue weighted by atomic mass is 16.3. The molecule has 3 rings (SSSR count). The van der Waals surface area contributed by atoms with E-state index in [2.05, 4.69) is 4.98 Å². The van der Waals surface area contributed by atoms with Crippen molar-refractivity contribution >= 4 is 5.91 Å². The van der Waals surface area contributed by atoms with Crippen LogP contribution in [-0.2, 0) is 11.3 Å². The van der Waals surface area contributed by atoms with Gasteiger partial charge in [-0.3, -0.25) is 4.79 Å². The number of aromatic nitrogens is 2. The molecular weight excluding hydrogens is 302 g/mol. The molecule has 1 aromatic heterocycles. The number of carbonyl (C=O) groups excluding carboxylic acids is 1. The fraction of sp³-hybridized carbons (Fsp3) is 0.474. The maximum Gasteiger partial charge on any atom is 0.242 e. The van der Waals surface area contributed by atoms with Crippen LogP contribution in [0.4, 0.5) is 0 Å². The second-order valence-corrected chi connectivity index (χ2v) is 6.49. The van der Waals surface area contributed by atoms with E-state index >= 15 is 0 Å². The van der Waals surface area contributed by atoms with Crippen LogP contribution >= 0.6 is 0 Å². The van der Waals surface area contributed by atoms with E-state index in [1.165, 1.54) is 0 Å². The molecule has 24 heavy (non-hydrogen) atoms. The molecule has 5 heteroatoms. The van der Waals surface area contributed by atoms with Gasteiger partial charge in [0.15, 0.2) is 0 Å². The monoisotopic (exact) mass is 327 g/mol. The number of benzene rings is 1. The number of imidazole rings is 1. The second-order valence-electron chi connectivity index (χ2n) is 6.49. The Morgan fingerprint density at radius 1 is 1.25 bits per heavy atom. The first-order chi connectivity index (χ1) is 11.7. The fourth-order valence-corrected chi connectivity index (χ4v) is 3.45. The van der Waals surface area contributed by atoms with Gasteiger partial charge in [-0.25, -0.2) is 4.98 Å². The molecule has 1 N–H and O–H groups in total. The lowest BCUT2D eigenvalue weighted by Gasteiger charge is -2.32. The number of rotatable bonds is 5. The van der Waals surface area contributed by atoms with Crippen molar-refractivity contribution in [1.82, 2.24) is 14.5 Å². The third-order valence-corrected chi connectivity index (χ3v) is 4.75. The number of hydrogen-bond acceptors (Lipinski definition) is 3. The van der Waals surface area contributed by atoms with Gasteiger partial charge in [0.25, 0.3) is 0 Å². The Hall–Kier alpha value is -2.14. The van der Waals surface area contributed by atoms with Gasteiger partial charge in [-0.1, -0.05) is 43.2 Å². The lowest BCUT2D eigenvalue weighted by atomic mass is 9.98. The Morgan fingerprint density at radius 3 is 2.83 bits per heavy atom. The highest BCUT2D eigenvalue weighted by molar-refractivity contribution is 5.76. The molecule has 1 aliphatic rings. The van der Waals surface area contributed by atoms with Crippen molar-refractivity contribution in [2.24, 2.45) is 0 Å². The zero-order chi connectivity index (χ0) is 16.8. The molecule has 0 aliphatic carbocycles. The molecule has 0 radical (unpaired) electrons. The zero-order valence-electron chi connectivity index (χ0n) is 13.9. The van der Waals surface area contributed by atoms with Gasteiger partial charge in [-0.2, -0.15) is 0 Å². The summed E-state index contributed by atoms with van der Waals surface area (Å²) in [5, 5.41) is 10.6. The van der Waals surface area contributed by atoms with Crippen LogP contribution in [0.15, 0.2) is 49.1 Å². The van der Waals surface area contributed by atoms with Crippen LogP contribution in [0.5, 0.6) is 0 Å².